The van der Waals surface area contributed by atoms with Gasteiger partial charge in [0.05, 0.1) is 11.0 Å². The van der Waals surface area contributed by atoms with E-state index < -0.39 is 4.92 Å². The van der Waals surface area contributed by atoms with Crippen LogP contribution >= 0.6 is 0 Å². The minimum Gasteiger partial charge on any atom is -0.373 e. The zero-order chi connectivity index (χ0) is 14.5. The number of nitro benzene ring substituents is 1. The fraction of sp³-hybridized carbons (Fsp3) is 0.200. The lowest BCUT2D eigenvalue weighted by Crippen LogP contribution is -2.12. The van der Waals surface area contributed by atoms with Crippen LogP contribution in [0.4, 0.5) is 15.8 Å². The number of nitrogens with one attached hydrogen (secondary N) is 1. The van der Waals surface area contributed by atoms with Gasteiger partial charge in [-0.05, 0) is 18.6 Å². The van der Waals surface area contributed by atoms with Crippen LogP contribution in [0.2, 0.25) is 0 Å². The van der Waals surface area contributed by atoms with Crippen LogP contribution in [0.25, 0.3) is 0 Å². The quantitative estimate of drug-likeness (QED) is 0.653. The van der Waals surface area contributed by atoms with Crippen molar-refractivity contribution >= 4 is 11.4 Å². The van der Waals surface area contributed by atoms with Crippen LogP contribution in [0.15, 0.2) is 48.5 Å². The van der Waals surface area contributed by atoms with Crippen molar-refractivity contribution < 1.29 is 9.31 Å². The number of anilines is 1. The molecule has 0 aliphatic rings. The number of rotatable bonds is 5. The minimum atomic E-state index is -0.448. The molecule has 0 saturated carbocycles. The Hall–Kier alpha value is -2.43. The average Bonchev–Trinajstić information content (AvgIpc) is 2.46. The first-order chi connectivity index (χ1) is 9.63. The molecule has 2 aromatic carbocycles. The summed E-state index contributed by atoms with van der Waals surface area (Å²) in [6.07, 6.45) is 0.618. The van der Waals surface area contributed by atoms with Gasteiger partial charge < -0.3 is 5.32 Å². The topological polar surface area (TPSA) is 55.2 Å². The van der Waals surface area contributed by atoms with Gasteiger partial charge in [-0.15, -0.1) is 0 Å². The Morgan fingerprint density at radius 3 is 2.50 bits per heavy atom. The molecule has 0 spiro atoms. The molecular weight excluding hydrogens is 259 g/mol. The van der Waals surface area contributed by atoms with Crippen LogP contribution in [-0.2, 0) is 0 Å². The summed E-state index contributed by atoms with van der Waals surface area (Å²) in [5, 5.41) is 14.0. The fourth-order valence-electron chi connectivity index (χ4n) is 2.10. The minimum absolute atomic E-state index is 0.0118. The standard InChI is InChI=1S/C15H15FN2O2/c1-2-13(11-7-3-4-8-12(11)16)17-14-9-5-6-10-15(14)18(19)20/h3-10,13,17H,2H2,1H3. The molecule has 2 rings (SSSR count). The second kappa shape index (κ2) is 6.14. The molecule has 2 aromatic rings. The summed E-state index contributed by atoms with van der Waals surface area (Å²) in [4.78, 5) is 10.5. The van der Waals surface area contributed by atoms with Gasteiger partial charge in [-0.1, -0.05) is 37.3 Å². The van der Waals surface area contributed by atoms with Gasteiger partial charge in [-0.3, -0.25) is 10.1 Å². The Labute approximate surface area is 116 Å². The molecule has 0 aromatic heterocycles. The van der Waals surface area contributed by atoms with E-state index in [1.807, 2.05) is 6.92 Å². The third-order valence-electron chi connectivity index (χ3n) is 3.12. The van der Waals surface area contributed by atoms with E-state index in [1.165, 1.54) is 12.1 Å². The Balaban J connectivity index is 2.32. The Morgan fingerprint density at radius 1 is 1.20 bits per heavy atom. The molecule has 1 N–H and O–H groups in total. The molecule has 0 heterocycles. The first-order valence-electron chi connectivity index (χ1n) is 6.38. The molecule has 0 fully saturated rings. The molecule has 0 amide bonds. The molecule has 0 radical (unpaired) electrons. The van der Waals surface area contributed by atoms with E-state index in [-0.39, 0.29) is 17.5 Å². The highest BCUT2D eigenvalue weighted by Crippen LogP contribution is 2.30. The molecular formula is C15H15FN2O2. The average molecular weight is 274 g/mol. The van der Waals surface area contributed by atoms with Crippen molar-refractivity contribution in [1.29, 1.82) is 0 Å². The number of para-hydroxylation sites is 2. The van der Waals surface area contributed by atoms with Crippen LogP contribution < -0.4 is 5.32 Å². The van der Waals surface area contributed by atoms with Gasteiger partial charge in [-0.25, -0.2) is 4.39 Å². The Morgan fingerprint density at radius 2 is 1.85 bits per heavy atom. The van der Waals surface area contributed by atoms with Gasteiger partial charge in [0.2, 0.25) is 0 Å². The van der Waals surface area contributed by atoms with E-state index in [9.17, 15) is 14.5 Å². The van der Waals surface area contributed by atoms with Crippen molar-refractivity contribution in [2.75, 3.05) is 5.32 Å². The van der Waals surface area contributed by atoms with Crippen LogP contribution in [0.3, 0.4) is 0 Å². The van der Waals surface area contributed by atoms with Crippen LogP contribution in [0.1, 0.15) is 24.9 Å². The van der Waals surface area contributed by atoms with E-state index in [0.29, 0.717) is 17.7 Å². The molecule has 104 valence electrons. The molecule has 0 bridgehead atoms. The second-order valence-electron chi connectivity index (χ2n) is 4.40. The van der Waals surface area contributed by atoms with Crippen LogP contribution in [-0.4, -0.2) is 4.92 Å². The zero-order valence-electron chi connectivity index (χ0n) is 11.0. The molecule has 1 atom stereocenters. The van der Waals surface area contributed by atoms with Gasteiger partial charge in [0, 0.05) is 11.6 Å². The van der Waals surface area contributed by atoms with Gasteiger partial charge in [0.25, 0.3) is 5.69 Å². The van der Waals surface area contributed by atoms with Crippen molar-refractivity contribution in [1.82, 2.24) is 0 Å². The molecule has 0 saturated heterocycles. The number of hydrogen-bond acceptors (Lipinski definition) is 3. The van der Waals surface area contributed by atoms with Crippen molar-refractivity contribution in [2.45, 2.75) is 19.4 Å². The number of nitro groups is 1. The predicted octanol–water partition coefficient (Wildman–Crippen LogP) is 4.30. The Bertz CT molecular complexity index is 616. The summed E-state index contributed by atoms with van der Waals surface area (Å²) in [6.45, 7) is 1.90. The first-order valence-corrected chi connectivity index (χ1v) is 6.38. The maximum Gasteiger partial charge on any atom is 0.292 e. The van der Waals surface area contributed by atoms with Crippen molar-refractivity contribution in [3.8, 4) is 0 Å². The third-order valence-corrected chi connectivity index (χ3v) is 3.12. The third kappa shape index (κ3) is 2.93. The second-order valence-corrected chi connectivity index (χ2v) is 4.40. The highest BCUT2D eigenvalue weighted by Gasteiger charge is 2.18. The number of hydrogen-bond donors (Lipinski definition) is 1. The summed E-state index contributed by atoms with van der Waals surface area (Å²) in [6, 6.07) is 12.5. The predicted molar refractivity (Wildman–Crippen MR) is 76.2 cm³/mol. The summed E-state index contributed by atoms with van der Waals surface area (Å²) < 4.78 is 13.8. The van der Waals surface area contributed by atoms with Gasteiger partial charge in [0.15, 0.2) is 0 Å². The number of benzene rings is 2. The maximum atomic E-state index is 13.8. The lowest BCUT2D eigenvalue weighted by Gasteiger charge is -2.19. The van der Waals surface area contributed by atoms with E-state index in [0.717, 1.165) is 0 Å². The molecule has 20 heavy (non-hydrogen) atoms. The van der Waals surface area contributed by atoms with Gasteiger partial charge in [0.1, 0.15) is 11.5 Å². The SMILES string of the molecule is CCC(Nc1ccccc1[N+](=O)[O-])c1ccccc1F. The van der Waals surface area contributed by atoms with Crippen LogP contribution in [0.5, 0.6) is 0 Å². The van der Waals surface area contributed by atoms with Crippen molar-refractivity contribution in [3.05, 3.63) is 70.0 Å². The van der Waals surface area contributed by atoms with E-state index >= 15 is 0 Å². The molecule has 5 heteroatoms. The largest absolute Gasteiger partial charge is 0.373 e. The number of halogens is 1. The maximum absolute atomic E-state index is 13.8. The zero-order valence-corrected chi connectivity index (χ0v) is 11.0. The molecule has 1 unspecified atom stereocenters. The summed E-state index contributed by atoms with van der Waals surface area (Å²) in [5.74, 6) is -0.314. The van der Waals surface area contributed by atoms with Crippen LogP contribution in [0, 0.1) is 15.9 Å². The smallest absolute Gasteiger partial charge is 0.292 e. The lowest BCUT2D eigenvalue weighted by molar-refractivity contribution is -0.384. The molecule has 0 aliphatic heterocycles. The Kier molecular flexibility index (Phi) is 4.30. The summed E-state index contributed by atoms with van der Waals surface area (Å²) in [5.41, 5.74) is 0.892. The highest BCUT2D eigenvalue weighted by atomic mass is 19.1. The summed E-state index contributed by atoms with van der Waals surface area (Å²) >= 11 is 0. The van der Waals surface area contributed by atoms with Gasteiger partial charge >= 0.3 is 0 Å². The van der Waals surface area contributed by atoms with E-state index in [1.54, 1.807) is 36.4 Å². The lowest BCUT2D eigenvalue weighted by atomic mass is 10.0. The van der Waals surface area contributed by atoms with E-state index in [2.05, 4.69) is 5.32 Å². The van der Waals surface area contributed by atoms with E-state index in [4.69, 9.17) is 0 Å². The van der Waals surface area contributed by atoms with Crippen molar-refractivity contribution in [3.63, 3.8) is 0 Å². The fourth-order valence-corrected chi connectivity index (χ4v) is 2.10. The first kappa shape index (κ1) is 14.0. The highest BCUT2D eigenvalue weighted by molar-refractivity contribution is 5.62. The molecule has 0 aliphatic carbocycles. The molecule has 4 nitrogen and oxygen atoms in total. The summed E-state index contributed by atoms with van der Waals surface area (Å²) in [7, 11) is 0. The van der Waals surface area contributed by atoms with Gasteiger partial charge in [-0.2, -0.15) is 0 Å². The normalized spacial score (nSPS) is 11.9. The number of nitrogens with zero attached hydrogens (tertiary/aromatic N) is 1. The van der Waals surface area contributed by atoms with Crippen molar-refractivity contribution in [2.24, 2.45) is 0 Å². The monoisotopic (exact) mass is 274 g/mol.